The molecule has 4 rings (SSSR count). The molecule has 0 atom stereocenters. The summed E-state index contributed by atoms with van der Waals surface area (Å²) in [5.41, 5.74) is 2.15. The molecule has 0 spiro atoms. The van der Waals surface area contributed by atoms with Crippen molar-refractivity contribution in [3.8, 4) is 0 Å². The molecule has 1 aromatic heterocycles. The maximum Gasteiger partial charge on any atom is 0.307 e. The van der Waals surface area contributed by atoms with Crippen LogP contribution in [-0.2, 0) is 27.6 Å². The smallest absolute Gasteiger partial charge is 0.307 e. The van der Waals surface area contributed by atoms with E-state index in [0.29, 0.717) is 42.2 Å². The van der Waals surface area contributed by atoms with Gasteiger partial charge in [0.15, 0.2) is 0 Å². The van der Waals surface area contributed by atoms with Crippen molar-refractivity contribution in [2.45, 2.75) is 18.6 Å². The highest BCUT2D eigenvalue weighted by molar-refractivity contribution is 7.88. The maximum atomic E-state index is 12.7. The van der Waals surface area contributed by atoms with Gasteiger partial charge in [0.2, 0.25) is 15.9 Å². The van der Waals surface area contributed by atoms with E-state index in [1.807, 2.05) is 6.07 Å². The third-order valence-corrected chi connectivity index (χ3v) is 8.64. The van der Waals surface area contributed by atoms with E-state index in [0.717, 1.165) is 21.6 Å². The predicted octanol–water partition coefficient (Wildman–Crippen LogP) is 3.43. The second kappa shape index (κ2) is 8.74. The molecule has 3 aromatic rings. The highest BCUT2D eigenvalue weighted by atomic mass is 35.5. The number of benzene rings is 2. The lowest BCUT2D eigenvalue weighted by atomic mass is 9.97. The van der Waals surface area contributed by atoms with E-state index >= 15 is 0 Å². The molecule has 7 nitrogen and oxygen atoms in total. The average molecular weight is 480 g/mol. The van der Waals surface area contributed by atoms with Gasteiger partial charge in [0, 0.05) is 36.8 Å². The van der Waals surface area contributed by atoms with E-state index in [4.69, 9.17) is 11.6 Å². The largest absolute Gasteiger partial charge is 0.326 e. The number of aromatic nitrogens is 1. The Morgan fingerprint density at radius 1 is 1.16 bits per heavy atom. The Morgan fingerprint density at radius 3 is 2.52 bits per heavy atom. The highest BCUT2D eigenvalue weighted by Gasteiger charge is 2.31. The van der Waals surface area contributed by atoms with Crippen LogP contribution < -0.4 is 10.2 Å². The first-order valence-corrected chi connectivity index (χ1v) is 12.7. The highest BCUT2D eigenvalue weighted by Crippen LogP contribution is 2.25. The number of hydrogen-bond acceptors (Lipinski definition) is 5. The minimum Gasteiger partial charge on any atom is -0.326 e. The van der Waals surface area contributed by atoms with Gasteiger partial charge in [0.1, 0.15) is 0 Å². The molecule has 1 aliphatic rings. The number of aryl methyl sites for hydroxylation is 1. The maximum absolute atomic E-state index is 12.7. The molecule has 1 amide bonds. The zero-order valence-corrected chi connectivity index (χ0v) is 19.3. The lowest BCUT2D eigenvalue weighted by molar-refractivity contribution is -0.120. The van der Waals surface area contributed by atoms with E-state index in [1.165, 1.54) is 4.31 Å². The van der Waals surface area contributed by atoms with Crippen molar-refractivity contribution in [1.82, 2.24) is 8.87 Å². The normalized spacial score (nSPS) is 15.9. The Balaban J connectivity index is 1.36. The topological polar surface area (TPSA) is 88.5 Å². The number of halogens is 1. The standard InChI is InChI=1S/C21H22ClN3O4S2/c1-24-18-7-6-17(12-19(18)30-21(24)27)23-20(26)15-8-10-25(11-9-15)31(28,29)13-14-2-4-16(22)5-3-14/h2-7,12,15H,8-11,13H2,1H3,(H,23,26). The van der Waals surface area contributed by atoms with Crippen LogP contribution in [0.4, 0.5) is 5.69 Å². The van der Waals surface area contributed by atoms with Gasteiger partial charge in [0.05, 0.1) is 16.0 Å². The molecule has 0 saturated carbocycles. The van der Waals surface area contributed by atoms with Crippen LogP contribution in [0.15, 0.2) is 47.3 Å². The Kier molecular flexibility index (Phi) is 6.20. The molecule has 0 unspecified atom stereocenters. The summed E-state index contributed by atoms with van der Waals surface area (Å²) >= 11 is 7.00. The van der Waals surface area contributed by atoms with Crippen LogP contribution in [0.2, 0.25) is 5.02 Å². The second-order valence-electron chi connectivity index (χ2n) is 7.65. The van der Waals surface area contributed by atoms with E-state index in [-0.39, 0.29) is 22.5 Å². The summed E-state index contributed by atoms with van der Waals surface area (Å²) in [5, 5.41) is 3.47. The second-order valence-corrected chi connectivity index (χ2v) is 11.1. The van der Waals surface area contributed by atoms with Crippen LogP contribution in [0.3, 0.4) is 0 Å². The van der Waals surface area contributed by atoms with Crippen LogP contribution in [0.25, 0.3) is 10.2 Å². The third kappa shape index (κ3) is 4.85. The first-order valence-electron chi connectivity index (χ1n) is 9.86. The van der Waals surface area contributed by atoms with Gasteiger partial charge in [-0.1, -0.05) is 35.1 Å². The summed E-state index contributed by atoms with van der Waals surface area (Å²) in [4.78, 5) is 24.4. The third-order valence-electron chi connectivity index (χ3n) is 5.54. The van der Waals surface area contributed by atoms with Gasteiger partial charge in [-0.3, -0.25) is 9.59 Å². The number of carbonyl (C=O) groups is 1. The molecule has 2 heterocycles. The number of thiazole rings is 1. The fourth-order valence-electron chi connectivity index (χ4n) is 3.73. The quantitative estimate of drug-likeness (QED) is 0.607. The van der Waals surface area contributed by atoms with Crippen LogP contribution in [0.5, 0.6) is 0 Å². The Morgan fingerprint density at radius 2 is 1.84 bits per heavy atom. The van der Waals surface area contributed by atoms with Crippen molar-refractivity contribution in [2.75, 3.05) is 18.4 Å². The number of hydrogen-bond donors (Lipinski definition) is 1. The van der Waals surface area contributed by atoms with Crippen LogP contribution >= 0.6 is 22.9 Å². The Bertz CT molecular complexity index is 1270. The summed E-state index contributed by atoms with van der Waals surface area (Å²) in [6.45, 7) is 0.626. The Labute approximate surface area is 189 Å². The fraction of sp³-hybridized carbons (Fsp3) is 0.333. The first kappa shape index (κ1) is 22.0. The van der Waals surface area contributed by atoms with Gasteiger partial charge < -0.3 is 9.88 Å². The molecular formula is C21H22ClN3O4S2. The molecule has 0 aliphatic carbocycles. The lowest BCUT2D eigenvalue weighted by Crippen LogP contribution is -2.41. The molecule has 0 bridgehead atoms. The molecule has 164 valence electrons. The summed E-state index contributed by atoms with van der Waals surface area (Å²) in [7, 11) is -1.74. The summed E-state index contributed by atoms with van der Waals surface area (Å²) in [6.07, 6.45) is 0.930. The number of piperidine rings is 1. The molecule has 1 N–H and O–H groups in total. The molecule has 1 aliphatic heterocycles. The van der Waals surface area contributed by atoms with E-state index in [9.17, 15) is 18.0 Å². The predicted molar refractivity (Wildman–Crippen MR) is 124 cm³/mol. The van der Waals surface area contributed by atoms with Gasteiger partial charge in [0.25, 0.3) is 0 Å². The minimum atomic E-state index is -3.46. The minimum absolute atomic E-state index is 0.0503. The number of nitrogens with zero attached hydrogens (tertiary/aromatic N) is 2. The summed E-state index contributed by atoms with van der Waals surface area (Å²) in [6, 6.07) is 12.2. The van der Waals surface area contributed by atoms with E-state index in [1.54, 1.807) is 48.0 Å². The van der Waals surface area contributed by atoms with Gasteiger partial charge in [-0.25, -0.2) is 12.7 Å². The van der Waals surface area contributed by atoms with Crippen LogP contribution in [0, 0.1) is 5.92 Å². The van der Waals surface area contributed by atoms with Gasteiger partial charge >= 0.3 is 4.87 Å². The zero-order chi connectivity index (χ0) is 22.2. The molecule has 0 radical (unpaired) electrons. The van der Waals surface area contributed by atoms with Crippen molar-refractivity contribution in [3.63, 3.8) is 0 Å². The number of anilines is 1. The molecule has 2 aromatic carbocycles. The van der Waals surface area contributed by atoms with Crippen molar-refractivity contribution >= 4 is 54.8 Å². The van der Waals surface area contributed by atoms with E-state index < -0.39 is 10.0 Å². The van der Waals surface area contributed by atoms with Crippen molar-refractivity contribution in [3.05, 3.63) is 62.7 Å². The molecule has 10 heteroatoms. The van der Waals surface area contributed by atoms with Crippen molar-refractivity contribution < 1.29 is 13.2 Å². The average Bonchev–Trinajstić information content (AvgIpc) is 3.03. The van der Waals surface area contributed by atoms with Gasteiger partial charge in [-0.15, -0.1) is 0 Å². The number of nitrogens with one attached hydrogen (secondary N) is 1. The van der Waals surface area contributed by atoms with Gasteiger partial charge in [-0.2, -0.15) is 0 Å². The SMILES string of the molecule is Cn1c(=O)sc2cc(NC(=O)C3CCN(S(=O)(=O)Cc4ccc(Cl)cc4)CC3)ccc21. The molecule has 1 saturated heterocycles. The van der Waals surface area contributed by atoms with E-state index in [2.05, 4.69) is 5.32 Å². The number of amides is 1. The number of sulfonamides is 1. The van der Waals surface area contributed by atoms with Crippen LogP contribution in [-0.4, -0.2) is 36.3 Å². The molecule has 31 heavy (non-hydrogen) atoms. The zero-order valence-electron chi connectivity index (χ0n) is 16.9. The monoisotopic (exact) mass is 479 g/mol. The van der Waals surface area contributed by atoms with Crippen molar-refractivity contribution in [1.29, 1.82) is 0 Å². The Hall–Kier alpha value is -2.20. The molecular weight excluding hydrogens is 458 g/mol. The fourth-order valence-corrected chi connectivity index (χ4v) is 6.34. The van der Waals surface area contributed by atoms with Crippen molar-refractivity contribution in [2.24, 2.45) is 13.0 Å². The lowest BCUT2D eigenvalue weighted by Gasteiger charge is -2.30. The van der Waals surface area contributed by atoms with Crippen LogP contribution in [0.1, 0.15) is 18.4 Å². The summed E-state index contributed by atoms with van der Waals surface area (Å²) in [5.74, 6) is -0.467. The first-order chi connectivity index (χ1) is 14.7. The number of carbonyl (C=O) groups excluding carboxylic acids is 1. The summed E-state index contributed by atoms with van der Waals surface area (Å²) < 4.78 is 29.3. The number of fused-ring (bicyclic) bond motifs is 1. The molecule has 1 fully saturated rings. The number of rotatable bonds is 5. The van der Waals surface area contributed by atoms with Gasteiger partial charge in [-0.05, 0) is 48.7 Å².